The van der Waals surface area contributed by atoms with Crippen molar-refractivity contribution in [2.75, 3.05) is 33.9 Å². The zero-order valence-corrected chi connectivity index (χ0v) is 17.4. The summed E-state index contributed by atoms with van der Waals surface area (Å²) in [4.78, 5) is 14.6. The molecular weight excluding hydrogens is 400 g/mol. The second-order valence-electron chi connectivity index (χ2n) is 7.26. The fraction of sp³-hybridized carbons (Fsp3) is 0.227. The highest BCUT2D eigenvalue weighted by molar-refractivity contribution is 6.33. The van der Waals surface area contributed by atoms with E-state index in [2.05, 4.69) is 31.0 Å². The highest BCUT2D eigenvalue weighted by Gasteiger charge is 2.13. The van der Waals surface area contributed by atoms with Crippen molar-refractivity contribution in [2.24, 2.45) is 0 Å². The van der Waals surface area contributed by atoms with Gasteiger partial charge in [-0.25, -0.2) is 4.79 Å². The van der Waals surface area contributed by atoms with Gasteiger partial charge in [0.25, 0.3) is 0 Å². The smallest absolute Gasteiger partial charge is 0.323 e. The molecule has 1 fully saturated rings. The van der Waals surface area contributed by atoms with Crippen LogP contribution in [0.25, 0.3) is 0 Å². The van der Waals surface area contributed by atoms with E-state index in [0.717, 1.165) is 30.0 Å². The van der Waals surface area contributed by atoms with Crippen molar-refractivity contribution < 1.29 is 4.79 Å². The Balaban J connectivity index is 1.36. The van der Waals surface area contributed by atoms with Crippen LogP contribution in [0.2, 0.25) is 5.02 Å². The average molecular weight is 423 g/mol. The van der Waals surface area contributed by atoms with Crippen LogP contribution in [0.5, 0.6) is 0 Å². The summed E-state index contributed by atoms with van der Waals surface area (Å²) in [5, 5.41) is 17.6. The maximum absolute atomic E-state index is 12.2. The van der Waals surface area contributed by atoms with Gasteiger partial charge >= 0.3 is 6.03 Å². The number of carbonyl (C=O) groups excluding carboxylic acids is 1. The third-order valence-corrected chi connectivity index (χ3v) is 5.21. The summed E-state index contributed by atoms with van der Waals surface area (Å²) in [7, 11) is 0. The third kappa shape index (κ3) is 4.99. The van der Waals surface area contributed by atoms with Crippen molar-refractivity contribution in [1.29, 1.82) is 0 Å². The minimum absolute atomic E-state index is 0.356. The van der Waals surface area contributed by atoms with Crippen molar-refractivity contribution in [3.63, 3.8) is 0 Å². The molecule has 0 unspecified atom stereocenters. The van der Waals surface area contributed by atoms with Crippen LogP contribution in [0, 0.1) is 6.92 Å². The Kier molecular flexibility index (Phi) is 5.99. The summed E-state index contributed by atoms with van der Waals surface area (Å²) in [5.74, 6) is 0.687. The van der Waals surface area contributed by atoms with Gasteiger partial charge in [0, 0.05) is 30.5 Å². The number of nitrogens with zero attached hydrogens (tertiary/aromatic N) is 3. The highest BCUT2D eigenvalue weighted by atomic mass is 35.5. The van der Waals surface area contributed by atoms with Crippen molar-refractivity contribution in [3.05, 3.63) is 65.3 Å². The molecule has 1 aromatic heterocycles. The predicted molar refractivity (Wildman–Crippen MR) is 122 cm³/mol. The molecule has 4 rings (SSSR count). The number of hydrogen-bond donors (Lipinski definition) is 3. The van der Waals surface area contributed by atoms with Gasteiger partial charge in [-0.3, -0.25) is 0 Å². The Bertz CT molecular complexity index is 1030. The topological polar surface area (TPSA) is 82.2 Å². The Morgan fingerprint density at radius 1 is 1.00 bits per heavy atom. The molecule has 0 aliphatic carbocycles. The molecule has 1 saturated heterocycles. The van der Waals surface area contributed by atoms with Crippen LogP contribution in [-0.2, 0) is 0 Å². The molecule has 0 bridgehead atoms. The van der Waals surface area contributed by atoms with Crippen LogP contribution in [-0.4, -0.2) is 29.3 Å². The van der Waals surface area contributed by atoms with E-state index in [4.69, 9.17) is 11.6 Å². The van der Waals surface area contributed by atoms with Crippen molar-refractivity contribution in [2.45, 2.75) is 19.8 Å². The molecule has 1 aliphatic heterocycles. The maximum Gasteiger partial charge on any atom is 0.323 e. The molecule has 8 heteroatoms. The van der Waals surface area contributed by atoms with Crippen LogP contribution in [0.4, 0.5) is 33.4 Å². The summed E-state index contributed by atoms with van der Waals surface area (Å²) in [6.45, 7) is 4.06. The minimum Gasteiger partial charge on any atom is -0.370 e. The van der Waals surface area contributed by atoms with Gasteiger partial charge < -0.3 is 20.9 Å². The van der Waals surface area contributed by atoms with Gasteiger partial charge in [-0.1, -0.05) is 17.7 Å². The van der Waals surface area contributed by atoms with E-state index in [-0.39, 0.29) is 6.03 Å². The molecule has 2 heterocycles. The molecule has 0 saturated carbocycles. The summed E-state index contributed by atoms with van der Waals surface area (Å²) >= 11 is 6.16. The maximum atomic E-state index is 12.2. The lowest BCUT2D eigenvalue weighted by Gasteiger charge is -2.17. The zero-order chi connectivity index (χ0) is 20.9. The first-order chi connectivity index (χ1) is 14.6. The predicted octanol–water partition coefficient (Wildman–Crippen LogP) is 5.43. The van der Waals surface area contributed by atoms with Crippen LogP contribution in [0.15, 0.2) is 54.7 Å². The number of benzene rings is 2. The van der Waals surface area contributed by atoms with Gasteiger partial charge in [0.2, 0.25) is 0 Å². The second kappa shape index (κ2) is 9.00. The van der Waals surface area contributed by atoms with Gasteiger partial charge in [-0.05, 0) is 61.7 Å². The molecule has 3 N–H and O–H groups in total. The first-order valence-electron chi connectivity index (χ1n) is 9.86. The Morgan fingerprint density at radius 2 is 1.73 bits per heavy atom. The largest absolute Gasteiger partial charge is 0.370 e. The molecule has 3 aromatic rings. The lowest BCUT2D eigenvalue weighted by atomic mass is 10.2. The van der Waals surface area contributed by atoms with E-state index in [1.165, 1.54) is 12.8 Å². The summed E-state index contributed by atoms with van der Waals surface area (Å²) in [6.07, 6.45) is 4.22. The van der Waals surface area contributed by atoms with E-state index < -0.39 is 0 Å². The highest BCUT2D eigenvalue weighted by Crippen LogP contribution is 2.25. The number of urea groups is 1. The van der Waals surface area contributed by atoms with Crippen molar-refractivity contribution in [1.82, 2.24) is 10.2 Å². The van der Waals surface area contributed by atoms with E-state index in [0.29, 0.717) is 22.2 Å². The SMILES string of the molecule is Cc1ccc(NC(=O)Nc2ccc(Nc3cc(N4CCCC4)cnn3)cc2)c(Cl)c1. The summed E-state index contributed by atoms with van der Waals surface area (Å²) < 4.78 is 0. The Hall–Kier alpha value is -3.32. The molecule has 0 spiro atoms. The van der Waals surface area contributed by atoms with E-state index in [1.807, 2.05) is 43.3 Å². The molecule has 30 heavy (non-hydrogen) atoms. The normalized spacial score (nSPS) is 13.2. The standard InChI is InChI=1S/C22H23ClN6O/c1-15-4-9-20(19(23)12-15)27-22(30)26-17-7-5-16(6-8-17)25-21-13-18(14-24-28-21)29-10-2-3-11-29/h4-9,12-14H,2-3,10-11H2,1H3,(H,25,28)(H2,26,27,30). The first kappa shape index (κ1) is 20.0. The van der Waals surface area contributed by atoms with Gasteiger partial charge in [-0.15, -0.1) is 5.10 Å². The fourth-order valence-corrected chi connectivity index (χ4v) is 3.64. The number of anilines is 5. The number of rotatable bonds is 5. The van der Waals surface area contributed by atoms with Gasteiger partial charge in [-0.2, -0.15) is 5.10 Å². The van der Waals surface area contributed by atoms with Crippen molar-refractivity contribution >= 4 is 46.2 Å². The van der Waals surface area contributed by atoms with Crippen LogP contribution in [0.1, 0.15) is 18.4 Å². The lowest BCUT2D eigenvalue weighted by Crippen LogP contribution is -2.19. The van der Waals surface area contributed by atoms with E-state index >= 15 is 0 Å². The molecule has 2 amide bonds. The number of hydrogen-bond acceptors (Lipinski definition) is 5. The number of nitrogens with one attached hydrogen (secondary N) is 3. The summed E-state index contributed by atoms with van der Waals surface area (Å²) in [6, 6.07) is 14.5. The Labute approximate surface area is 180 Å². The van der Waals surface area contributed by atoms with E-state index in [9.17, 15) is 4.79 Å². The quantitative estimate of drug-likeness (QED) is 0.511. The molecular formula is C22H23ClN6O. The zero-order valence-electron chi connectivity index (χ0n) is 16.7. The average Bonchev–Trinajstić information content (AvgIpc) is 3.27. The molecule has 0 atom stereocenters. The van der Waals surface area contributed by atoms with Crippen molar-refractivity contribution in [3.8, 4) is 0 Å². The number of aryl methyl sites for hydroxylation is 1. The molecule has 2 aromatic carbocycles. The molecule has 154 valence electrons. The second-order valence-corrected chi connectivity index (χ2v) is 7.67. The number of aromatic nitrogens is 2. The van der Waals surface area contributed by atoms with Crippen LogP contribution < -0.4 is 20.9 Å². The van der Waals surface area contributed by atoms with Crippen LogP contribution >= 0.6 is 11.6 Å². The fourth-order valence-electron chi connectivity index (χ4n) is 3.36. The van der Waals surface area contributed by atoms with Gasteiger partial charge in [0.15, 0.2) is 5.82 Å². The molecule has 7 nitrogen and oxygen atoms in total. The molecule has 1 aliphatic rings. The molecule has 0 radical (unpaired) electrons. The van der Waals surface area contributed by atoms with Gasteiger partial charge in [0.1, 0.15) is 0 Å². The minimum atomic E-state index is -0.356. The third-order valence-electron chi connectivity index (χ3n) is 4.90. The first-order valence-corrected chi connectivity index (χ1v) is 10.2. The number of halogens is 1. The monoisotopic (exact) mass is 422 g/mol. The lowest BCUT2D eigenvalue weighted by molar-refractivity contribution is 0.262. The van der Waals surface area contributed by atoms with E-state index in [1.54, 1.807) is 18.3 Å². The Morgan fingerprint density at radius 3 is 2.47 bits per heavy atom. The van der Waals surface area contributed by atoms with Crippen LogP contribution in [0.3, 0.4) is 0 Å². The number of amides is 2. The number of carbonyl (C=O) groups is 1. The van der Waals surface area contributed by atoms with Gasteiger partial charge in [0.05, 0.1) is 22.6 Å². The summed E-state index contributed by atoms with van der Waals surface area (Å²) in [5.41, 5.74) is 4.20.